The van der Waals surface area contributed by atoms with Crippen LogP contribution in [-0.2, 0) is 0 Å². The number of likely N-dealkylation sites (N-methyl/N-ethyl adjacent to an activating group) is 1. The third-order valence-corrected chi connectivity index (χ3v) is 4.25. The van der Waals surface area contributed by atoms with Crippen LogP contribution < -0.4 is 10.6 Å². The number of fused-ring (bicyclic) bond motifs is 1. The smallest absolute Gasteiger partial charge is 0.129 e. The van der Waals surface area contributed by atoms with Crippen LogP contribution in [0.3, 0.4) is 0 Å². The van der Waals surface area contributed by atoms with E-state index in [0.717, 1.165) is 41.7 Å². The first-order chi connectivity index (χ1) is 9.65. The molecular weight excluding hydrogens is 250 g/mol. The molecule has 4 heteroatoms. The predicted molar refractivity (Wildman–Crippen MR) is 82.8 cm³/mol. The van der Waals surface area contributed by atoms with Gasteiger partial charge in [-0.15, -0.1) is 0 Å². The van der Waals surface area contributed by atoms with Crippen molar-refractivity contribution in [3.05, 3.63) is 30.3 Å². The number of aliphatic hydroxyl groups excluding tert-OH is 1. The molecule has 20 heavy (non-hydrogen) atoms. The average molecular weight is 271 g/mol. The van der Waals surface area contributed by atoms with Crippen molar-refractivity contribution < 1.29 is 5.11 Å². The Morgan fingerprint density at radius 3 is 2.80 bits per heavy atom. The normalized spacial score (nSPS) is 22.9. The minimum Gasteiger partial charge on any atom is -0.399 e. The summed E-state index contributed by atoms with van der Waals surface area (Å²) in [4.78, 5) is 6.80. The molecule has 1 aromatic carbocycles. The van der Waals surface area contributed by atoms with Gasteiger partial charge in [0.15, 0.2) is 0 Å². The van der Waals surface area contributed by atoms with Crippen molar-refractivity contribution in [3.8, 4) is 0 Å². The zero-order chi connectivity index (χ0) is 14.1. The Balaban J connectivity index is 1.91. The van der Waals surface area contributed by atoms with Crippen molar-refractivity contribution in [2.45, 2.75) is 37.8 Å². The first-order valence-corrected chi connectivity index (χ1v) is 7.22. The lowest BCUT2D eigenvalue weighted by molar-refractivity contribution is 0.106. The Kier molecular flexibility index (Phi) is 3.49. The molecule has 0 spiro atoms. The Morgan fingerprint density at radius 1 is 1.20 bits per heavy atom. The lowest BCUT2D eigenvalue weighted by atomic mass is 9.91. The molecule has 1 aliphatic rings. The average Bonchev–Trinajstić information content (AvgIpc) is 2.46. The molecule has 1 heterocycles. The largest absolute Gasteiger partial charge is 0.399 e. The molecule has 0 saturated heterocycles. The number of benzene rings is 1. The van der Waals surface area contributed by atoms with Gasteiger partial charge in [0, 0.05) is 18.1 Å². The number of hydrogen-bond donors (Lipinski definition) is 2. The number of aromatic nitrogens is 1. The molecule has 0 amide bonds. The number of nitrogens with two attached hydrogens (primary N) is 1. The van der Waals surface area contributed by atoms with Gasteiger partial charge >= 0.3 is 0 Å². The van der Waals surface area contributed by atoms with Crippen LogP contribution in [0.5, 0.6) is 0 Å². The van der Waals surface area contributed by atoms with Crippen LogP contribution in [0.4, 0.5) is 11.5 Å². The molecule has 1 aromatic heterocycles. The van der Waals surface area contributed by atoms with Gasteiger partial charge in [-0.05, 0) is 43.2 Å². The second-order valence-corrected chi connectivity index (χ2v) is 5.65. The van der Waals surface area contributed by atoms with E-state index in [0.29, 0.717) is 0 Å². The van der Waals surface area contributed by atoms with E-state index in [2.05, 4.69) is 9.88 Å². The van der Waals surface area contributed by atoms with Gasteiger partial charge in [0.1, 0.15) is 5.82 Å². The van der Waals surface area contributed by atoms with Crippen molar-refractivity contribution in [1.29, 1.82) is 0 Å². The number of aliphatic hydroxyl groups is 1. The molecule has 2 aromatic rings. The fourth-order valence-corrected chi connectivity index (χ4v) is 3.04. The highest BCUT2D eigenvalue weighted by Crippen LogP contribution is 2.27. The zero-order valence-electron chi connectivity index (χ0n) is 11.8. The number of nitrogen functional groups attached to an aromatic ring is 1. The Morgan fingerprint density at radius 2 is 2.00 bits per heavy atom. The van der Waals surface area contributed by atoms with E-state index in [1.807, 2.05) is 37.4 Å². The summed E-state index contributed by atoms with van der Waals surface area (Å²) in [5.41, 5.74) is 7.48. The van der Waals surface area contributed by atoms with Crippen LogP contribution >= 0.6 is 0 Å². The number of pyridine rings is 1. The second kappa shape index (κ2) is 5.29. The van der Waals surface area contributed by atoms with Crippen LogP contribution in [-0.4, -0.2) is 29.3 Å². The van der Waals surface area contributed by atoms with Crippen LogP contribution in [0.1, 0.15) is 25.7 Å². The van der Waals surface area contributed by atoms with Crippen LogP contribution in [0, 0.1) is 0 Å². The summed E-state index contributed by atoms with van der Waals surface area (Å²) < 4.78 is 0. The van der Waals surface area contributed by atoms with Crippen LogP contribution in [0.2, 0.25) is 0 Å². The fourth-order valence-electron chi connectivity index (χ4n) is 3.04. The molecule has 3 rings (SSSR count). The molecule has 4 nitrogen and oxygen atoms in total. The third-order valence-electron chi connectivity index (χ3n) is 4.25. The molecule has 0 radical (unpaired) electrons. The molecule has 106 valence electrons. The third kappa shape index (κ3) is 2.43. The SMILES string of the molecule is CN(c1ccc2cc(N)ccc2n1)C1CCCCC1O. The first-order valence-electron chi connectivity index (χ1n) is 7.22. The number of rotatable bonds is 2. The molecule has 1 aliphatic carbocycles. The predicted octanol–water partition coefficient (Wildman–Crippen LogP) is 2.56. The van der Waals surface area contributed by atoms with Crippen molar-refractivity contribution in [2.24, 2.45) is 0 Å². The van der Waals surface area contributed by atoms with E-state index in [9.17, 15) is 5.11 Å². The maximum absolute atomic E-state index is 10.2. The van der Waals surface area contributed by atoms with E-state index in [-0.39, 0.29) is 12.1 Å². The maximum Gasteiger partial charge on any atom is 0.129 e. The van der Waals surface area contributed by atoms with Crippen molar-refractivity contribution in [3.63, 3.8) is 0 Å². The van der Waals surface area contributed by atoms with E-state index in [4.69, 9.17) is 5.73 Å². The number of hydrogen-bond acceptors (Lipinski definition) is 4. The van der Waals surface area contributed by atoms with Gasteiger partial charge in [0.2, 0.25) is 0 Å². The van der Waals surface area contributed by atoms with E-state index in [1.54, 1.807) is 0 Å². The number of nitrogens with zero attached hydrogens (tertiary/aromatic N) is 2. The van der Waals surface area contributed by atoms with Gasteiger partial charge in [-0.1, -0.05) is 12.8 Å². The Hall–Kier alpha value is -1.81. The highest BCUT2D eigenvalue weighted by Gasteiger charge is 2.27. The topological polar surface area (TPSA) is 62.4 Å². The summed E-state index contributed by atoms with van der Waals surface area (Å²) in [7, 11) is 2.02. The molecule has 0 bridgehead atoms. The lowest BCUT2D eigenvalue weighted by Gasteiger charge is -2.36. The summed E-state index contributed by atoms with van der Waals surface area (Å²) in [5, 5.41) is 11.2. The van der Waals surface area contributed by atoms with Gasteiger partial charge in [0.25, 0.3) is 0 Å². The van der Waals surface area contributed by atoms with Crippen LogP contribution in [0.15, 0.2) is 30.3 Å². The van der Waals surface area contributed by atoms with Gasteiger partial charge in [0.05, 0.1) is 17.7 Å². The summed E-state index contributed by atoms with van der Waals surface area (Å²) >= 11 is 0. The van der Waals surface area contributed by atoms with Crippen molar-refractivity contribution >= 4 is 22.4 Å². The fraction of sp³-hybridized carbons (Fsp3) is 0.438. The molecular formula is C16H21N3O. The molecule has 1 fully saturated rings. The molecule has 2 unspecified atom stereocenters. The highest BCUT2D eigenvalue weighted by atomic mass is 16.3. The Bertz CT molecular complexity index is 614. The summed E-state index contributed by atoms with van der Waals surface area (Å²) in [6.07, 6.45) is 3.96. The van der Waals surface area contributed by atoms with Gasteiger partial charge < -0.3 is 15.7 Å². The number of anilines is 2. The van der Waals surface area contributed by atoms with E-state index >= 15 is 0 Å². The standard InChI is InChI=1S/C16H21N3O/c1-19(14-4-2-3-5-15(14)20)16-9-6-11-10-12(17)7-8-13(11)18-16/h6-10,14-15,20H,2-5,17H2,1H3. The molecule has 2 atom stereocenters. The maximum atomic E-state index is 10.2. The van der Waals surface area contributed by atoms with E-state index in [1.165, 1.54) is 6.42 Å². The molecule has 0 aliphatic heterocycles. The van der Waals surface area contributed by atoms with Gasteiger partial charge in [-0.3, -0.25) is 0 Å². The molecule has 3 N–H and O–H groups in total. The second-order valence-electron chi connectivity index (χ2n) is 5.65. The van der Waals surface area contributed by atoms with Crippen LogP contribution in [0.25, 0.3) is 10.9 Å². The Labute approximate surface area is 119 Å². The van der Waals surface area contributed by atoms with Crippen molar-refractivity contribution in [1.82, 2.24) is 4.98 Å². The monoisotopic (exact) mass is 271 g/mol. The minimum atomic E-state index is -0.252. The van der Waals surface area contributed by atoms with Gasteiger partial charge in [-0.25, -0.2) is 4.98 Å². The first kappa shape index (κ1) is 13.2. The molecule has 1 saturated carbocycles. The zero-order valence-corrected chi connectivity index (χ0v) is 11.8. The quantitative estimate of drug-likeness (QED) is 0.824. The van der Waals surface area contributed by atoms with E-state index < -0.39 is 0 Å². The van der Waals surface area contributed by atoms with Gasteiger partial charge in [-0.2, -0.15) is 0 Å². The summed E-state index contributed by atoms with van der Waals surface area (Å²) in [6.45, 7) is 0. The summed E-state index contributed by atoms with van der Waals surface area (Å²) in [6, 6.07) is 9.96. The highest BCUT2D eigenvalue weighted by molar-refractivity contribution is 5.83. The lowest BCUT2D eigenvalue weighted by Crippen LogP contribution is -2.43. The van der Waals surface area contributed by atoms with Crippen molar-refractivity contribution in [2.75, 3.05) is 17.7 Å². The summed E-state index contributed by atoms with van der Waals surface area (Å²) in [5.74, 6) is 0.910. The minimum absolute atomic E-state index is 0.169.